The van der Waals surface area contributed by atoms with Crippen LogP contribution in [0, 0.1) is 24.2 Å². The van der Waals surface area contributed by atoms with Gasteiger partial charge in [0.1, 0.15) is 24.0 Å². The van der Waals surface area contributed by atoms with E-state index in [1.165, 1.54) is 11.1 Å². The number of para-hydroxylation sites is 1. The van der Waals surface area contributed by atoms with Crippen LogP contribution >= 0.6 is 30.3 Å². The summed E-state index contributed by atoms with van der Waals surface area (Å²) >= 11 is 13.1. The van der Waals surface area contributed by atoms with Gasteiger partial charge in [-0.1, -0.05) is 53.1 Å². The Balaban J connectivity index is 0.782. The van der Waals surface area contributed by atoms with E-state index in [0.29, 0.717) is 68.2 Å². The van der Waals surface area contributed by atoms with E-state index in [-0.39, 0.29) is 36.2 Å². The number of methoxy groups -OCH3 is 1. The van der Waals surface area contributed by atoms with Gasteiger partial charge >= 0.3 is 0 Å². The number of piperazine rings is 1. The zero-order chi connectivity index (χ0) is 46.5. The summed E-state index contributed by atoms with van der Waals surface area (Å²) in [6.07, 6.45) is 12.6. The number of nitrogens with one attached hydrogen (secondary N) is 3. The molecule has 8 rings (SSSR count). The Morgan fingerprint density at radius 2 is 1.71 bits per heavy atom. The number of aromatic nitrogens is 2. The fourth-order valence-electron chi connectivity index (χ4n) is 9.26. The quantitative estimate of drug-likeness (QED) is 0.0544. The molecule has 1 unspecified atom stereocenters. The van der Waals surface area contributed by atoms with Gasteiger partial charge in [0.25, 0.3) is 5.91 Å². The lowest BCUT2D eigenvalue weighted by Gasteiger charge is -2.43. The fraction of sp³-hybridized carbons (Fsp3) is 0.408. The number of rotatable bonds is 13. The van der Waals surface area contributed by atoms with Crippen LogP contribution < -0.4 is 30.9 Å². The average Bonchev–Trinajstić information content (AvgIpc) is 3.66. The van der Waals surface area contributed by atoms with Crippen LogP contribution in [0.25, 0.3) is 0 Å². The predicted octanol–water partition coefficient (Wildman–Crippen LogP) is 7.08. The smallest absolute Gasteiger partial charge is 0.256 e. The average molecular weight is 951 g/mol. The molecule has 3 saturated heterocycles. The number of amides is 3. The van der Waals surface area contributed by atoms with Gasteiger partial charge in [-0.05, 0) is 82.3 Å². The van der Waals surface area contributed by atoms with Crippen LogP contribution in [0.5, 0.6) is 5.75 Å². The van der Waals surface area contributed by atoms with Crippen molar-refractivity contribution in [1.29, 1.82) is 0 Å². The molecule has 4 aliphatic heterocycles. The second-order valence-corrected chi connectivity index (χ2v) is 21.4. The molecule has 0 saturated carbocycles. The van der Waals surface area contributed by atoms with Crippen LogP contribution in [0.3, 0.4) is 0 Å². The molecule has 344 valence electrons. The molecule has 3 fully saturated rings. The highest BCUT2D eigenvalue weighted by Gasteiger charge is 2.41. The fourth-order valence-corrected chi connectivity index (χ4v) is 10.9. The number of hydrogen-bond acceptors (Lipinski definition) is 12. The summed E-state index contributed by atoms with van der Waals surface area (Å²) in [5, 5.41) is 10.1. The van der Waals surface area contributed by atoms with Crippen LogP contribution in [0.1, 0.15) is 72.0 Å². The molecule has 0 radical (unpaired) electrons. The first-order chi connectivity index (χ1) is 31.8. The molecule has 17 heteroatoms. The Labute approximate surface area is 396 Å². The highest BCUT2D eigenvalue weighted by atomic mass is 35.5. The van der Waals surface area contributed by atoms with Crippen molar-refractivity contribution in [3.63, 3.8) is 0 Å². The van der Waals surface area contributed by atoms with Crippen molar-refractivity contribution >= 4 is 82.2 Å². The number of carbonyl (C=O) groups is 3. The molecular formula is C49H54Cl2N9O5P. The molecule has 1 atom stereocenters. The van der Waals surface area contributed by atoms with Crippen molar-refractivity contribution < 1.29 is 23.7 Å². The molecule has 0 bridgehead atoms. The van der Waals surface area contributed by atoms with Gasteiger partial charge in [-0.15, -0.1) is 6.42 Å². The Hall–Kier alpha value is -5.60. The largest absolute Gasteiger partial charge is 0.494 e. The van der Waals surface area contributed by atoms with E-state index in [1.807, 2.05) is 30.3 Å². The minimum atomic E-state index is -2.55. The van der Waals surface area contributed by atoms with E-state index in [2.05, 4.69) is 70.5 Å². The third-order valence-corrected chi connectivity index (χ3v) is 15.1. The molecule has 0 aliphatic carbocycles. The molecule has 14 nitrogen and oxygen atoms in total. The summed E-state index contributed by atoms with van der Waals surface area (Å²) in [5.74, 6) is 9.35. The summed E-state index contributed by atoms with van der Waals surface area (Å²) in [7, 11) is -0.899. The van der Waals surface area contributed by atoms with Crippen molar-refractivity contribution in [2.45, 2.75) is 63.6 Å². The van der Waals surface area contributed by atoms with Crippen molar-refractivity contribution in [1.82, 2.24) is 30.0 Å². The topological polar surface area (TPSA) is 152 Å². The Morgan fingerprint density at radius 1 is 0.939 bits per heavy atom. The number of piperidine rings is 2. The van der Waals surface area contributed by atoms with Crippen LogP contribution in [0.15, 0.2) is 54.7 Å². The van der Waals surface area contributed by atoms with Gasteiger partial charge in [-0.3, -0.25) is 24.6 Å². The standard InChI is InChI=1S/C49H54Cl2N9O5P/c1-5-32-28-33(36-31-60(48(63)44(36)45(32)51)40-17-18-43(61)55-47(40)62)12-8-6-7-11-21-57-24-26-59(27-25-57)34-19-22-58(23-20-34)35-15-16-38(41(29-35)65-2)54-49-52-30-37(50)46(56-49)53-39-13-9-10-14-42(39)66(3,4)64/h1,9-10,13-16,28-30,34,40H,6-7,11,17-27,31H2,2-4H3,(H,55,61,62)(H2,52,53,54,56). The number of fused-ring (bicyclic) bond motifs is 1. The summed E-state index contributed by atoms with van der Waals surface area (Å²) < 4.78 is 18.8. The molecule has 4 aliphatic rings. The van der Waals surface area contributed by atoms with Crippen LogP contribution in [-0.2, 0) is 20.7 Å². The molecule has 3 amide bonds. The van der Waals surface area contributed by atoms with Crippen molar-refractivity contribution in [3.05, 3.63) is 87.0 Å². The summed E-state index contributed by atoms with van der Waals surface area (Å²) in [4.78, 5) is 55.9. The van der Waals surface area contributed by atoms with Gasteiger partial charge in [0.2, 0.25) is 17.8 Å². The number of benzene rings is 3. The molecule has 0 spiro atoms. The molecule has 3 aromatic carbocycles. The maximum atomic E-state index is 13.5. The van der Waals surface area contributed by atoms with Gasteiger partial charge in [0.05, 0.1) is 35.3 Å². The van der Waals surface area contributed by atoms with E-state index in [1.54, 1.807) is 26.5 Å². The second-order valence-electron chi connectivity index (χ2n) is 17.4. The molecule has 4 aromatic rings. The van der Waals surface area contributed by atoms with Gasteiger partial charge in [0, 0.05) is 98.4 Å². The Morgan fingerprint density at radius 3 is 2.44 bits per heavy atom. The number of halogens is 2. The highest BCUT2D eigenvalue weighted by molar-refractivity contribution is 7.70. The van der Waals surface area contributed by atoms with Gasteiger partial charge in [-0.2, -0.15) is 4.98 Å². The maximum absolute atomic E-state index is 13.5. The first-order valence-corrected chi connectivity index (χ1v) is 25.7. The molecular weight excluding hydrogens is 896 g/mol. The first kappa shape index (κ1) is 46.9. The monoisotopic (exact) mass is 949 g/mol. The number of imide groups is 1. The van der Waals surface area contributed by atoms with Gasteiger partial charge in [0.15, 0.2) is 5.82 Å². The number of anilines is 5. The minimum absolute atomic E-state index is 0.171. The number of hydrogen-bond donors (Lipinski definition) is 3. The molecule has 1 aromatic heterocycles. The Bertz CT molecular complexity index is 2680. The zero-order valence-corrected chi connectivity index (χ0v) is 39.9. The predicted molar refractivity (Wildman–Crippen MR) is 262 cm³/mol. The lowest BCUT2D eigenvalue weighted by molar-refractivity contribution is -0.136. The maximum Gasteiger partial charge on any atom is 0.256 e. The number of terminal acetylenes is 1. The van der Waals surface area contributed by atoms with E-state index < -0.39 is 19.1 Å². The molecule has 5 heterocycles. The molecule has 3 N–H and O–H groups in total. The number of ether oxygens (including phenoxy) is 1. The second kappa shape index (κ2) is 20.5. The summed E-state index contributed by atoms with van der Waals surface area (Å²) in [6.45, 7) is 10.8. The van der Waals surface area contributed by atoms with E-state index in [0.717, 1.165) is 82.9 Å². The minimum Gasteiger partial charge on any atom is -0.494 e. The van der Waals surface area contributed by atoms with Crippen LogP contribution in [0.4, 0.5) is 28.8 Å². The SMILES string of the molecule is C#Cc1cc(C#CCCCCN2CCN(C3CCN(c4ccc(Nc5ncc(Cl)c(Nc6ccccc6P(C)(C)=O)n5)c(OC)c4)CC3)CC2)c2c(c1Cl)C(=O)N(C1CCC(=O)NC1=O)C2. The number of carbonyl (C=O) groups excluding carboxylic acids is 3. The van der Waals surface area contributed by atoms with Gasteiger partial charge in [-0.25, -0.2) is 4.98 Å². The third kappa shape index (κ3) is 10.5. The van der Waals surface area contributed by atoms with Crippen molar-refractivity contribution in [2.75, 3.05) is 81.8 Å². The number of nitrogens with zero attached hydrogens (tertiary/aromatic N) is 6. The number of unbranched alkanes of at least 4 members (excludes halogenated alkanes) is 2. The van der Waals surface area contributed by atoms with Gasteiger partial charge < -0.3 is 34.6 Å². The van der Waals surface area contributed by atoms with Crippen molar-refractivity contribution in [3.8, 4) is 29.9 Å². The summed E-state index contributed by atoms with van der Waals surface area (Å²) in [5.41, 5.74) is 4.53. The molecule has 66 heavy (non-hydrogen) atoms. The third-order valence-electron chi connectivity index (χ3n) is 12.8. The lowest BCUT2D eigenvalue weighted by Crippen LogP contribution is -2.53. The van der Waals surface area contributed by atoms with Crippen LogP contribution in [0.2, 0.25) is 10.0 Å². The normalized spacial score (nSPS) is 18.3. The van der Waals surface area contributed by atoms with E-state index in [9.17, 15) is 18.9 Å². The van der Waals surface area contributed by atoms with E-state index in [4.69, 9.17) is 34.4 Å². The summed E-state index contributed by atoms with van der Waals surface area (Å²) in [6, 6.07) is 15.1. The lowest BCUT2D eigenvalue weighted by atomic mass is 9.99. The zero-order valence-electron chi connectivity index (χ0n) is 37.5. The highest BCUT2D eigenvalue weighted by Crippen LogP contribution is 2.40. The first-order valence-electron chi connectivity index (χ1n) is 22.4. The van der Waals surface area contributed by atoms with E-state index >= 15 is 0 Å². The Kier molecular flexibility index (Phi) is 14.6. The van der Waals surface area contributed by atoms with Crippen LogP contribution in [-0.4, -0.2) is 121 Å². The van der Waals surface area contributed by atoms with Crippen molar-refractivity contribution in [2.24, 2.45) is 0 Å².